The minimum absolute atomic E-state index is 1.10. The molecule has 0 aromatic carbocycles. The number of unbranched alkanes of at least 4 members (excludes halogenated alkanes) is 5. The zero-order valence-electron chi connectivity index (χ0n) is 15.9. The molecule has 0 saturated carbocycles. The lowest BCUT2D eigenvalue weighted by Crippen LogP contribution is -2.53. The maximum absolute atomic E-state index is 5.75. The SMILES string of the molecule is CO[Si](C)(CCCCCCCCN1CCC[Si]1(OC)OC)OC. The van der Waals surface area contributed by atoms with Crippen molar-refractivity contribution >= 4 is 17.3 Å². The van der Waals surface area contributed by atoms with E-state index in [2.05, 4.69) is 11.1 Å². The molecule has 0 aromatic heterocycles. The van der Waals surface area contributed by atoms with Crippen molar-refractivity contribution in [3.05, 3.63) is 0 Å². The van der Waals surface area contributed by atoms with Gasteiger partial charge in [0.2, 0.25) is 0 Å². The first-order valence-corrected chi connectivity index (χ1v) is 13.5. The molecule has 0 N–H and O–H groups in total. The summed E-state index contributed by atoms with van der Waals surface area (Å²) in [6, 6.07) is 2.21. The first kappa shape index (κ1) is 21.3. The van der Waals surface area contributed by atoms with Gasteiger partial charge in [-0.1, -0.05) is 32.1 Å². The predicted octanol–water partition coefficient (Wildman–Crippen LogP) is 3.63. The van der Waals surface area contributed by atoms with E-state index in [0.29, 0.717) is 0 Å². The summed E-state index contributed by atoms with van der Waals surface area (Å²) in [5, 5.41) is 0. The maximum Gasteiger partial charge on any atom is 0.427 e. The number of hydrogen-bond acceptors (Lipinski definition) is 5. The number of rotatable bonds is 13. The van der Waals surface area contributed by atoms with Gasteiger partial charge in [0.15, 0.2) is 0 Å². The van der Waals surface area contributed by atoms with Gasteiger partial charge in [-0.15, -0.1) is 0 Å². The molecule has 1 aliphatic heterocycles. The molecule has 0 atom stereocenters. The van der Waals surface area contributed by atoms with E-state index in [-0.39, 0.29) is 0 Å². The van der Waals surface area contributed by atoms with Crippen LogP contribution in [0.1, 0.15) is 44.9 Å². The molecule has 0 amide bonds. The molecule has 1 saturated heterocycles. The summed E-state index contributed by atoms with van der Waals surface area (Å²) >= 11 is 0. The van der Waals surface area contributed by atoms with Crippen LogP contribution in [0.3, 0.4) is 0 Å². The third kappa shape index (κ3) is 6.57. The Morgan fingerprint density at radius 1 is 0.870 bits per heavy atom. The molecule has 0 bridgehead atoms. The third-order valence-corrected chi connectivity index (χ3v) is 11.9. The lowest BCUT2D eigenvalue weighted by molar-refractivity contribution is 0.181. The minimum atomic E-state index is -2.01. The van der Waals surface area contributed by atoms with E-state index < -0.39 is 17.3 Å². The molecule has 1 rings (SSSR count). The van der Waals surface area contributed by atoms with E-state index in [0.717, 1.165) is 25.2 Å². The highest BCUT2D eigenvalue weighted by Crippen LogP contribution is 2.27. The van der Waals surface area contributed by atoms with Crippen LogP contribution in [0.25, 0.3) is 0 Å². The second kappa shape index (κ2) is 11.0. The van der Waals surface area contributed by atoms with Crippen molar-refractivity contribution in [1.82, 2.24) is 4.57 Å². The quantitative estimate of drug-likeness (QED) is 0.369. The molecule has 0 spiro atoms. The Balaban J connectivity index is 2.06. The van der Waals surface area contributed by atoms with Crippen LogP contribution in [0.15, 0.2) is 0 Å². The van der Waals surface area contributed by atoms with Crippen LogP contribution in [0.2, 0.25) is 18.6 Å². The fourth-order valence-electron chi connectivity index (χ4n) is 3.39. The van der Waals surface area contributed by atoms with Gasteiger partial charge in [-0.05, 0) is 38.5 Å². The van der Waals surface area contributed by atoms with Crippen LogP contribution in [0, 0.1) is 0 Å². The maximum atomic E-state index is 5.75. The Kier molecular flexibility index (Phi) is 10.1. The Bertz CT molecular complexity index is 312. The largest absolute Gasteiger partial charge is 0.427 e. The van der Waals surface area contributed by atoms with Gasteiger partial charge in [-0.25, -0.2) is 0 Å². The number of hydrogen-bond donors (Lipinski definition) is 0. The summed E-state index contributed by atoms with van der Waals surface area (Å²) in [5.41, 5.74) is 0. The Labute approximate surface area is 145 Å². The Hall–Kier alpha value is 0.234. The molecule has 5 nitrogen and oxygen atoms in total. The topological polar surface area (TPSA) is 40.2 Å². The van der Waals surface area contributed by atoms with Crippen molar-refractivity contribution in [2.45, 2.75) is 63.6 Å². The molecule has 23 heavy (non-hydrogen) atoms. The van der Waals surface area contributed by atoms with Crippen molar-refractivity contribution in [1.29, 1.82) is 0 Å². The van der Waals surface area contributed by atoms with Gasteiger partial charge in [0.25, 0.3) is 0 Å². The van der Waals surface area contributed by atoms with E-state index in [1.54, 1.807) is 14.2 Å². The smallest absolute Gasteiger partial charge is 0.398 e. The summed E-state index contributed by atoms with van der Waals surface area (Å²) in [7, 11) is 3.32. The van der Waals surface area contributed by atoms with Crippen molar-refractivity contribution in [3.63, 3.8) is 0 Å². The van der Waals surface area contributed by atoms with Gasteiger partial charge in [-0.2, -0.15) is 0 Å². The molecule has 7 heteroatoms. The molecule has 0 radical (unpaired) electrons. The summed E-state index contributed by atoms with van der Waals surface area (Å²) in [5.74, 6) is 0. The van der Waals surface area contributed by atoms with E-state index in [1.807, 2.05) is 14.2 Å². The zero-order chi connectivity index (χ0) is 17.2. The van der Waals surface area contributed by atoms with Crippen molar-refractivity contribution < 1.29 is 17.7 Å². The summed E-state index contributed by atoms with van der Waals surface area (Å²) < 4.78 is 25.0. The zero-order valence-corrected chi connectivity index (χ0v) is 17.9. The third-order valence-electron chi connectivity index (χ3n) is 5.21. The van der Waals surface area contributed by atoms with Gasteiger partial charge in [0.1, 0.15) is 0 Å². The van der Waals surface area contributed by atoms with Crippen molar-refractivity contribution in [2.75, 3.05) is 41.5 Å². The fourth-order valence-corrected chi connectivity index (χ4v) is 7.87. The van der Waals surface area contributed by atoms with Gasteiger partial charge in [-0.3, -0.25) is 4.57 Å². The minimum Gasteiger partial charge on any atom is -0.398 e. The molecule has 1 heterocycles. The molecule has 0 aliphatic carbocycles. The first-order valence-electron chi connectivity index (χ1n) is 9.01. The van der Waals surface area contributed by atoms with Crippen LogP contribution < -0.4 is 0 Å². The lowest BCUT2D eigenvalue weighted by atomic mass is 10.1. The lowest BCUT2D eigenvalue weighted by Gasteiger charge is -2.31. The van der Waals surface area contributed by atoms with Gasteiger partial charge in [0.05, 0.1) is 0 Å². The van der Waals surface area contributed by atoms with Gasteiger partial charge < -0.3 is 17.7 Å². The number of nitrogens with zero attached hydrogens (tertiary/aromatic N) is 1. The van der Waals surface area contributed by atoms with Crippen LogP contribution in [0.4, 0.5) is 0 Å². The molecule has 1 aliphatic rings. The van der Waals surface area contributed by atoms with E-state index >= 15 is 0 Å². The summed E-state index contributed by atoms with van der Waals surface area (Å²) in [4.78, 5) is 0. The first-order chi connectivity index (χ1) is 11.1. The molecule has 0 aromatic rings. The Morgan fingerprint density at radius 3 is 2.00 bits per heavy atom. The van der Waals surface area contributed by atoms with Crippen LogP contribution in [0.5, 0.6) is 0 Å². The van der Waals surface area contributed by atoms with E-state index in [1.165, 1.54) is 44.9 Å². The summed E-state index contributed by atoms with van der Waals surface area (Å²) in [6.45, 7) is 4.42. The van der Waals surface area contributed by atoms with E-state index in [9.17, 15) is 0 Å². The van der Waals surface area contributed by atoms with Crippen LogP contribution in [-0.2, 0) is 17.7 Å². The fraction of sp³-hybridized carbons (Fsp3) is 1.00. The van der Waals surface area contributed by atoms with Crippen molar-refractivity contribution in [2.24, 2.45) is 0 Å². The molecular formula is C16H37NO4Si2. The standard InChI is InChI=1S/C16H37NO4Si2/c1-18-22(5,19-2)15-11-9-7-6-8-10-13-17-14-12-16-23(17,20-3)21-4/h6-16H2,1-5H3. The van der Waals surface area contributed by atoms with Crippen LogP contribution in [-0.4, -0.2) is 63.4 Å². The molecule has 0 unspecified atom stereocenters. The Morgan fingerprint density at radius 2 is 1.43 bits per heavy atom. The normalized spacial score (nSPS) is 18.7. The molecular weight excluding hydrogens is 326 g/mol. The summed E-state index contributed by atoms with van der Waals surface area (Å²) in [6.07, 6.45) is 8.92. The molecule has 138 valence electrons. The van der Waals surface area contributed by atoms with E-state index in [4.69, 9.17) is 17.7 Å². The van der Waals surface area contributed by atoms with Gasteiger partial charge in [0, 0.05) is 34.5 Å². The van der Waals surface area contributed by atoms with Crippen LogP contribution >= 0.6 is 0 Å². The predicted molar refractivity (Wildman–Crippen MR) is 98.9 cm³/mol. The highest BCUT2D eigenvalue weighted by molar-refractivity contribution is 6.66. The highest BCUT2D eigenvalue weighted by Gasteiger charge is 2.46. The monoisotopic (exact) mass is 363 g/mol. The van der Waals surface area contributed by atoms with Crippen molar-refractivity contribution in [3.8, 4) is 0 Å². The second-order valence-electron chi connectivity index (χ2n) is 6.62. The average molecular weight is 364 g/mol. The molecule has 1 fully saturated rings. The second-order valence-corrected chi connectivity index (χ2v) is 13.6. The van der Waals surface area contributed by atoms with Gasteiger partial charge >= 0.3 is 17.3 Å². The average Bonchev–Trinajstić information content (AvgIpc) is 3.00. The highest BCUT2D eigenvalue weighted by atomic mass is 28.4.